The normalized spacial score (nSPS) is 13.9. The second-order valence-electron chi connectivity index (χ2n) is 5.33. The van der Waals surface area contributed by atoms with Crippen LogP contribution in [0.2, 0.25) is 0 Å². The van der Waals surface area contributed by atoms with Crippen molar-refractivity contribution in [3.63, 3.8) is 0 Å². The van der Waals surface area contributed by atoms with E-state index in [1.165, 1.54) is 16.7 Å². The number of hydrogen-bond donors (Lipinski definition) is 2. The van der Waals surface area contributed by atoms with Crippen molar-refractivity contribution >= 4 is 0 Å². The van der Waals surface area contributed by atoms with E-state index in [1.807, 2.05) is 0 Å². The molecule has 2 aromatic rings. The molecule has 106 valence electrons. The Balaban J connectivity index is 2.20. The van der Waals surface area contributed by atoms with Crippen LogP contribution in [-0.2, 0) is 6.42 Å². The van der Waals surface area contributed by atoms with Crippen LogP contribution in [0.4, 0.5) is 0 Å². The molecule has 0 radical (unpaired) electrons. The number of hydrazine groups is 1. The maximum atomic E-state index is 5.83. The van der Waals surface area contributed by atoms with Gasteiger partial charge in [0, 0.05) is 12.0 Å². The molecular weight excluding hydrogens is 244 g/mol. The van der Waals surface area contributed by atoms with Crippen molar-refractivity contribution in [3.05, 3.63) is 71.3 Å². The van der Waals surface area contributed by atoms with Crippen molar-refractivity contribution in [2.45, 2.75) is 38.6 Å². The maximum Gasteiger partial charge on any atom is 0.0319 e. The predicted molar refractivity (Wildman–Crippen MR) is 85.5 cm³/mol. The minimum Gasteiger partial charge on any atom is -0.271 e. The van der Waals surface area contributed by atoms with Crippen LogP contribution in [0, 0.1) is 6.92 Å². The molecule has 0 bridgehead atoms. The lowest BCUT2D eigenvalue weighted by molar-refractivity contribution is 0.427. The van der Waals surface area contributed by atoms with E-state index in [4.69, 9.17) is 5.84 Å². The highest BCUT2D eigenvalue weighted by Gasteiger charge is 2.21. The van der Waals surface area contributed by atoms with Gasteiger partial charge in [0.15, 0.2) is 0 Å². The molecule has 0 aliphatic rings. The van der Waals surface area contributed by atoms with Gasteiger partial charge in [-0.3, -0.25) is 11.3 Å². The third-order valence-corrected chi connectivity index (χ3v) is 4.07. The van der Waals surface area contributed by atoms with Crippen LogP contribution in [0.5, 0.6) is 0 Å². The zero-order valence-electron chi connectivity index (χ0n) is 12.3. The first-order chi connectivity index (χ1) is 9.76. The van der Waals surface area contributed by atoms with Crippen LogP contribution < -0.4 is 11.3 Å². The van der Waals surface area contributed by atoms with Gasteiger partial charge in [0.1, 0.15) is 0 Å². The third-order valence-electron chi connectivity index (χ3n) is 4.07. The van der Waals surface area contributed by atoms with Crippen molar-refractivity contribution in [2.24, 2.45) is 5.84 Å². The average molecular weight is 268 g/mol. The molecule has 0 fully saturated rings. The Morgan fingerprint density at radius 3 is 2.25 bits per heavy atom. The number of nitrogens with two attached hydrogens (primary N) is 1. The Labute approximate surface area is 122 Å². The van der Waals surface area contributed by atoms with Gasteiger partial charge in [-0.05, 0) is 36.5 Å². The number of benzene rings is 2. The second-order valence-corrected chi connectivity index (χ2v) is 5.33. The largest absolute Gasteiger partial charge is 0.271 e. The van der Waals surface area contributed by atoms with Gasteiger partial charge in [-0.15, -0.1) is 0 Å². The highest BCUT2D eigenvalue weighted by molar-refractivity contribution is 5.28. The van der Waals surface area contributed by atoms with Crippen molar-refractivity contribution in [3.8, 4) is 0 Å². The molecule has 0 saturated heterocycles. The predicted octanol–water partition coefficient (Wildman–Crippen LogP) is 3.56. The molecule has 0 aliphatic heterocycles. The summed E-state index contributed by atoms with van der Waals surface area (Å²) in [4.78, 5) is 0. The molecule has 0 spiro atoms. The van der Waals surface area contributed by atoms with Gasteiger partial charge < -0.3 is 0 Å². The Bertz CT molecular complexity index is 522. The molecule has 0 amide bonds. The Morgan fingerprint density at radius 1 is 1.00 bits per heavy atom. The van der Waals surface area contributed by atoms with E-state index in [1.54, 1.807) is 0 Å². The Hall–Kier alpha value is -1.64. The summed E-state index contributed by atoms with van der Waals surface area (Å²) in [5, 5.41) is 0. The van der Waals surface area contributed by atoms with E-state index in [9.17, 15) is 0 Å². The summed E-state index contributed by atoms with van der Waals surface area (Å²) in [6, 6.07) is 19.4. The topological polar surface area (TPSA) is 38.0 Å². The first kappa shape index (κ1) is 14.8. The summed E-state index contributed by atoms with van der Waals surface area (Å²) in [5.74, 6) is 6.27. The first-order valence-electron chi connectivity index (χ1n) is 7.31. The molecule has 0 heterocycles. The van der Waals surface area contributed by atoms with E-state index in [0.29, 0.717) is 5.92 Å². The number of nitrogens with one attached hydrogen (secondary N) is 1. The van der Waals surface area contributed by atoms with Gasteiger partial charge in [0.25, 0.3) is 0 Å². The Kier molecular flexibility index (Phi) is 5.33. The molecule has 2 nitrogen and oxygen atoms in total. The van der Waals surface area contributed by atoms with Crippen molar-refractivity contribution in [2.75, 3.05) is 0 Å². The van der Waals surface area contributed by atoms with Crippen LogP contribution in [0.15, 0.2) is 54.6 Å². The monoisotopic (exact) mass is 268 g/mol. The third kappa shape index (κ3) is 3.47. The van der Waals surface area contributed by atoms with Crippen LogP contribution in [0.25, 0.3) is 0 Å². The molecule has 2 unspecified atom stereocenters. The second kappa shape index (κ2) is 7.22. The van der Waals surface area contributed by atoms with E-state index >= 15 is 0 Å². The summed E-state index contributed by atoms with van der Waals surface area (Å²) in [5.41, 5.74) is 7.08. The van der Waals surface area contributed by atoms with Crippen LogP contribution in [-0.4, -0.2) is 6.04 Å². The zero-order chi connectivity index (χ0) is 14.4. The molecule has 0 saturated carbocycles. The standard InChI is InChI=1S/C18H24N2/c1-3-17(15-10-5-4-6-11-15)18(20-19)13-16-12-8-7-9-14(16)2/h4-12,17-18,20H,3,13,19H2,1-2H3. The highest BCUT2D eigenvalue weighted by Crippen LogP contribution is 2.25. The molecule has 2 heteroatoms. The van der Waals surface area contributed by atoms with Gasteiger partial charge in [0.2, 0.25) is 0 Å². The molecule has 2 atom stereocenters. The van der Waals surface area contributed by atoms with Gasteiger partial charge in [-0.2, -0.15) is 0 Å². The van der Waals surface area contributed by atoms with Crippen molar-refractivity contribution in [1.29, 1.82) is 0 Å². The molecular formula is C18H24N2. The van der Waals surface area contributed by atoms with Gasteiger partial charge in [-0.1, -0.05) is 61.5 Å². The minimum absolute atomic E-state index is 0.253. The molecule has 3 N–H and O–H groups in total. The lowest BCUT2D eigenvalue weighted by Crippen LogP contribution is -2.41. The van der Waals surface area contributed by atoms with Gasteiger partial charge in [0.05, 0.1) is 0 Å². The summed E-state index contributed by atoms with van der Waals surface area (Å²) < 4.78 is 0. The summed E-state index contributed by atoms with van der Waals surface area (Å²) in [6.45, 7) is 4.38. The van der Waals surface area contributed by atoms with E-state index in [0.717, 1.165) is 12.8 Å². The van der Waals surface area contributed by atoms with Crippen molar-refractivity contribution in [1.82, 2.24) is 5.43 Å². The zero-order valence-corrected chi connectivity index (χ0v) is 12.3. The number of rotatable bonds is 6. The van der Waals surface area contributed by atoms with Crippen LogP contribution in [0.1, 0.15) is 36.0 Å². The van der Waals surface area contributed by atoms with E-state index in [-0.39, 0.29) is 6.04 Å². The fourth-order valence-corrected chi connectivity index (χ4v) is 2.85. The summed E-state index contributed by atoms with van der Waals surface area (Å²) in [6.07, 6.45) is 2.03. The van der Waals surface area contributed by atoms with Crippen molar-refractivity contribution < 1.29 is 0 Å². The summed E-state index contributed by atoms with van der Waals surface area (Å²) >= 11 is 0. The first-order valence-corrected chi connectivity index (χ1v) is 7.31. The molecule has 0 aliphatic carbocycles. The molecule has 20 heavy (non-hydrogen) atoms. The SMILES string of the molecule is CCC(c1ccccc1)C(Cc1ccccc1C)NN. The molecule has 2 rings (SSSR count). The maximum absolute atomic E-state index is 5.83. The number of hydrogen-bond acceptors (Lipinski definition) is 2. The Morgan fingerprint density at radius 2 is 1.65 bits per heavy atom. The minimum atomic E-state index is 0.253. The highest BCUT2D eigenvalue weighted by atomic mass is 15.2. The smallest absolute Gasteiger partial charge is 0.0319 e. The quantitative estimate of drug-likeness (QED) is 0.621. The van der Waals surface area contributed by atoms with Gasteiger partial charge in [-0.25, -0.2) is 0 Å². The lowest BCUT2D eigenvalue weighted by atomic mass is 9.85. The number of aryl methyl sites for hydroxylation is 1. The summed E-state index contributed by atoms with van der Waals surface area (Å²) in [7, 11) is 0. The van der Waals surface area contributed by atoms with E-state index < -0.39 is 0 Å². The molecule has 0 aromatic heterocycles. The lowest BCUT2D eigenvalue weighted by Gasteiger charge is -2.26. The van der Waals surface area contributed by atoms with Crippen LogP contribution in [0.3, 0.4) is 0 Å². The molecule has 2 aromatic carbocycles. The van der Waals surface area contributed by atoms with Gasteiger partial charge >= 0.3 is 0 Å². The van der Waals surface area contributed by atoms with Crippen LogP contribution >= 0.6 is 0 Å². The average Bonchev–Trinajstić information content (AvgIpc) is 2.50. The fourth-order valence-electron chi connectivity index (χ4n) is 2.85. The fraction of sp³-hybridized carbons (Fsp3) is 0.333. The van der Waals surface area contributed by atoms with E-state index in [2.05, 4.69) is 73.9 Å².